The molecule has 0 radical (unpaired) electrons. The number of hydrogen-bond donors (Lipinski definition) is 2. The minimum atomic E-state index is -0.746. The van der Waals surface area contributed by atoms with E-state index in [4.69, 9.17) is 0 Å². The number of rotatable bonds is 3. The fourth-order valence-corrected chi connectivity index (χ4v) is 1.46. The van der Waals surface area contributed by atoms with Crippen molar-refractivity contribution in [1.82, 2.24) is 10.2 Å². The van der Waals surface area contributed by atoms with Crippen LogP contribution in [-0.4, -0.2) is 27.4 Å². The molecule has 0 aliphatic heterocycles. The van der Waals surface area contributed by atoms with E-state index in [1.54, 1.807) is 20.0 Å². The van der Waals surface area contributed by atoms with Gasteiger partial charge in [-0.3, -0.25) is 0 Å². The summed E-state index contributed by atoms with van der Waals surface area (Å²) in [6.45, 7) is 4.00. The van der Waals surface area contributed by atoms with E-state index in [1.807, 2.05) is 24.3 Å². The number of benzene rings is 1. The van der Waals surface area contributed by atoms with Crippen molar-refractivity contribution in [3.63, 3.8) is 0 Å². The number of anilines is 1. The third-order valence-electron chi connectivity index (χ3n) is 2.26. The van der Waals surface area contributed by atoms with Gasteiger partial charge < -0.3 is 10.4 Å². The maximum Gasteiger partial charge on any atom is 0.0950 e. The number of aromatic nitrogens is 2. The Morgan fingerprint density at radius 3 is 2.81 bits per heavy atom. The molecule has 0 fully saturated rings. The highest BCUT2D eigenvalue weighted by Crippen LogP contribution is 2.20. The summed E-state index contributed by atoms with van der Waals surface area (Å²) in [6, 6.07) is 7.78. The molecule has 2 aromatic rings. The van der Waals surface area contributed by atoms with Crippen LogP contribution in [0.15, 0.2) is 30.5 Å². The van der Waals surface area contributed by atoms with E-state index in [2.05, 4.69) is 15.5 Å². The summed E-state index contributed by atoms with van der Waals surface area (Å²) in [4.78, 5) is 0. The molecule has 4 nitrogen and oxygen atoms in total. The smallest absolute Gasteiger partial charge is 0.0950 e. The van der Waals surface area contributed by atoms with E-state index in [9.17, 15) is 5.11 Å². The highest BCUT2D eigenvalue weighted by molar-refractivity contribution is 5.90. The van der Waals surface area contributed by atoms with Gasteiger partial charge in [-0.25, -0.2) is 0 Å². The van der Waals surface area contributed by atoms with Gasteiger partial charge in [-0.1, -0.05) is 18.2 Å². The van der Waals surface area contributed by atoms with E-state index >= 15 is 0 Å². The Balaban J connectivity index is 2.30. The van der Waals surface area contributed by atoms with E-state index < -0.39 is 5.60 Å². The topological polar surface area (TPSA) is 58.0 Å². The Kier molecular flexibility index (Phi) is 2.75. The van der Waals surface area contributed by atoms with Gasteiger partial charge in [0.2, 0.25) is 0 Å². The molecule has 1 heterocycles. The molecule has 84 valence electrons. The second kappa shape index (κ2) is 4.06. The van der Waals surface area contributed by atoms with Gasteiger partial charge >= 0.3 is 0 Å². The quantitative estimate of drug-likeness (QED) is 0.823. The van der Waals surface area contributed by atoms with Gasteiger partial charge in [-0.05, 0) is 19.9 Å². The van der Waals surface area contributed by atoms with Gasteiger partial charge in [0.1, 0.15) is 0 Å². The molecule has 0 aliphatic rings. The molecule has 0 saturated heterocycles. The Morgan fingerprint density at radius 2 is 2.06 bits per heavy atom. The minimum Gasteiger partial charge on any atom is -0.389 e. The molecule has 1 aromatic heterocycles. The summed E-state index contributed by atoms with van der Waals surface area (Å²) in [5.41, 5.74) is 1.00. The number of nitrogens with zero attached hydrogens (tertiary/aromatic N) is 2. The lowest BCUT2D eigenvalue weighted by Crippen LogP contribution is -2.29. The van der Waals surface area contributed by atoms with Crippen molar-refractivity contribution in [3.05, 3.63) is 30.5 Å². The molecule has 0 atom stereocenters. The van der Waals surface area contributed by atoms with E-state index in [0.717, 1.165) is 16.6 Å². The fraction of sp³-hybridized carbons (Fsp3) is 0.333. The monoisotopic (exact) mass is 217 g/mol. The summed E-state index contributed by atoms with van der Waals surface area (Å²) in [5.74, 6) is 0. The molecule has 0 spiro atoms. The zero-order chi connectivity index (χ0) is 11.6. The van der Waals surface area contributed by atoms with Crippen LogP contribution in [0.3, 0.4) is 0 Å². The van der Waals surface area contributed by atoms with Crippen molar-refractivity contribution in [1.29, 1.82) is 0 Å². The van der Waals surface area contributed by atoms with Gasteiger partial charge in [0.15, 0.2) is 0 Å². The summed E-state index contributed by atoms with van der Waals surface area (Å²) >= 11 is 0. The number of fused-ring (bicyclic) bond motifs is 1. The second-order valence-corrected chi connectivity index (χ2v) is 4.44. The molecule has 2 rings (SSSR count). The zero-order valence-corrected chi connectivity index (χ0v) is 9.44. The Morgan fingerprint density at radius 1 is 1.31 bits per heavy atom. The van der Waals surface area contributed by atoms with Gasteiger partial charge in [0, 0.05) is 11.9 Å². The largest absolute Gasteiger partial charge is 0.389 e. The number of nitrogens with one attached hydrogen (secondary N) is 1. The van der Waals surface area contributed by atoms with E-state index in [-0.39, 0.29) is 0 Å². The zero-order valence-electron chi connectivity index (χ0n) is 9.44. The van der Waals surface area contributed by atoms with Crippen LogP contribution >= 0.6 is 0 Å². The van der Waals surface area contributed by atoms with Crippen LogP contribution in [0.25, 0.3) is 10.9 Å². The summed E-state index contributed by atoms with van der Waals surface area (Å²) in [7, 11) is 0. The average molecular weight is 217 g/mol. The van der Waals surface area contributed by atoms with Crippen LogP contribution in [0, 0.1) is 0 Å². The first kappa shape index (κ1) is 10.8. The van der Waals surface area contributed by atoms with Crippen LogP contribution in [0.2, 0.25) is 0 Å². The van der Waals surface area contributed by atoms with Crippen molar-refractivity contribution in [2.45, 2.75) is 19.4 Å². The van der Waals surface area contributed by atoms with E-state index in [1.165, 1.54) is 0 Å². The standard InChI is InChI=1S/C12H15N3O/c1-12(2,16)8-13-11-7-14-15-10-6-4-3-5-9(10)11/h3-7,16H,8H2,1-2H3,(H,13,15). The Hall–Kier alpha value is -1.68. The van der Waals surface area contributed by atoms with Crippen LogP contribution in [-0.2, 0) is 0 Å². The fourth-order valence-electron chi connectivity index (χ4n) is 1.46. The third kappa shape index (κ3) is 2.46. The van der Waals surface area contributed by atoms with Gasteiger partial charge in [-0.2, -0.15) is 10.2 Å². The van der Waals surface area contributed by atoms with Gasteiger partial charge in [0.25, 0.3) is 0 Å². The SMILES string of the molecule is CC(C)(O)CNc1cnnc2ccccc12. The molecule has 16 heavy (non-hydrogen) atoms. The molecule has 1 aromatic carbocycles. The highest BCUT2D eigenvalue weighted by Gasteiger charge is 2.12. The van der Waals surface area contributed by atoms with Crippen molar-refractivity contribution in [3.8, 4) is 0 Å². The first-order valence-corrected chi connectivity index (χ1v) is 5.23. The molecule has 4 heteroatoms. The molecular formula is C12H15N3O. The predicted octanol–water partition coefficient (Wildman–Crippen LogP) is 1.81. The van der Waals surface area contributed by atoms with Crippen LogP contribution in [0.4, 0.5) is 5.69 Å². The van der Waals surface area contributed by atoms with Gasteiger partial charge in [-0.15, -0.1) is 0 Å². The van der Waals surface area contributed by atoms with Crippen LogP contribution in [0.1, 0.15) is 13.8 Å². The molecule has 0 saturated carbocycles. The van der Waals surface area contributed by atoms with Crippen molar-refractivity contribution < 1.29 is 5.11 Å². The van der Waals surface area contributed by atoms with Crippen molar-refractivity contribution >= 4 is 16.6 Å². The minimum absolute atomic E-state index is 0.475. The lowest BCUT2D eigenvalue weighted by atomic mass is 10.1. The lowest BCUT2D eigenvalue weighted by Gasteiger charge is -2.18. The average Bonchev–Trinajstić information content (AvgIpc) is 2.25. The maximum absolute atomic E-state index is 9.65. The third-order valence-corrected chi connectivity index (χ3v) is 2.26. The second-order valence-electron chi connectivity index (χ2n) is 4.44. The molecule has 2 N–H and O–H groups in total. The maximum atomic E-state index is 9.65. The molecule has 0 aliphatic carbocycles. The Bertz CT molecular complexity index is 486. The normalized spacial score (nSPS) is 11.7. The first-order chi connectivity index (χ1) is 7.56. The predicted molar refractivity (Wildman–Crippen MR) is 64.3 cm³/mol. The molecule has 0 unspecified atom stereocenters. The number of aliphatic hydroxyl groups is 1. The Labute approximate surface area is 94.3 Å². The number of hydrogen-bond acceptors (Lipinski definition) is 4. The molecular weight excluding hydrogens is 202 g/mol. The van der Waals surface area contributed by atoms with Crippen LogP contribution < -0.4 is 5.32 Å². The van der Waals surface area contributed by atoms with Crippen LogP contribution in [0.5, 0.6) is 0 Å². The molecule has 0 bridgehead atoms. The van der Waals surface area contributed by atoms with Crippen molar-refractivity contribution in [2.75, 3.05) is 11.9 Å². The molecule has 0 amide bonds. The highest BCUT2D eigenvalue weighted by atomic mass is 16.3. The van der Waals surface area contributed by atoms with Crippen molar-refractivity contribution in [2.24, 2.45) is 0 Å². The summed E-state index contributed by atoms with van der Waals surface area (Å²) < 4.78 is 0. The summed E-state index contributed by atoms with van der Waals surface area (Å²) in [5, 5.41) is 21.8. The summed E-state index contributed by atoms with van der Waals surface area (Å²) in [6.07, 6.45) is 1.67. The van der Waals surface area contributed by atoms with Gasteiger partial charge in [0.05, 0.1) is 23.0 Å². The van der Waals surface area contributed by atoms with E-state index in [0.29, 0.717) is 6.54 Å². The first-order valence-electron chi connectivity index (χ1n) is 5.23. The lowest BCUT2D eigenvalue weighted by molar-refractivity contribution is 0.0945.